The predicted octanol–water partition coefficient (Wildman–Crippen LogP) is 2.17. The van der Waals surface area contributed by atoms with E-state index >= 15 is 0 Å². The molecule has 0 saturated heterocycles. The summed E-state index contributed by atoms with van der Waals surface area (Å²) in [5.74, 6) is 0.377. The van der Waals surface area contributed by atoms with Crippen LogP contribution in [-0.4, -0.2) is 57.6 Å². The first kappa shape index (κ1) is 23.5. The molecule has 4 heterocycles. The number of nitrogens with zero attached hydrogens (tertiary/aromatic N) is 5. The fourth-order valence-corrected chi connectivity index (χ4v) is 5.66. The predicted molar refractivity (Wildman–Crippen MR) is 139 cm³/mol. The lowest BCUT2D eigenvalue weighted by Crippen LogP contribution is -2.52. The Bertz CT molecular complexity index is 1470. The number of anilines is 1. The first-order valence-corrected chi connectivity index (χ1v) is 12.5. The van der Waals surface area contributed by atoms with E-state index in [1.807, 2.05) is 48.2 Å². The number of carbonyl (C=O) groups is 2. The van der Waals surface area contributed by atoms with Crippen LogP contribution >= 0.6 is 11.6 Å². The van der Waals surface area contributed by atoms with Crippen LogP contribution in [0.25, 0.3) is 0 Å². The molecule has 10 nitrogen and oxygen atoms in total. The number of imidazole rings is 1. The van der Waals surface area contributed by atoms with E-state index in [0.29, 0.717) is 48.7 Å². The Labute approximate surface area is 218 Å². The lowest BCUT2D eigenvalue weighted by atomic mass is 10.0. The quantitative estimate of drug-likeness (QED) is 0.513. The highest BCUT2D eigenvalue weighted by Gasteiger charge is 2.48. The van der Waals surface area contributed by atoms with Crippen molar-refractivity contribution in [3.05, 3.63) is 75.7 Å². The summed E-state index contributed by atoms with van der Waals surface area (Å²) in [6, 6.07) is 13.6. The highest BCUT2D eigenvalue weighted by Crippen LogP contribution is 2.37. The molecule has 0 fully saturated rings. The number of hydrogen-bond acceptors (Lipinski definition) is 7. The molecule has 0 spiro atoms. The number of aliphatic imine (C=N–C) groups is 1. The van der Waals surface area contributed by atoms with Crippen molar-refractivity contribution in [1.29, 1.82) is 0 Å². The molecule has 3 aliphatic rings. The summed E-state index contributed by atoms with van der Waals surface area (Å²) >= 11 is 6.45. The molecule has 37 heavy (non-hydrogen) atoms. The van der Waals surface area contributed by atoms with Gasteiger partial charge in [-0.05, 0) is 29.7 Å². The molecule has 1 aromatic heterocycles. The maximum atomic E-state index is 13.8. The summed E-state index contributed by atoms with van der Waals surface area (Å²) < 4.78 is 7.18. The van der Waals surface area contributed by atoms with Crippen molar-refractivity contribution >= 4 is 35.2 Å². The second-order valence-corrected chi connectivity index (χ2v) is 9.94. The molecular formula is C26H26ClN7O3. The number of carbonyl (C=O) groups excluding carboxylic acids is 2. The van der Waals surface area contributed by atoms with Gasteiger partial charge in [-0.15, -0.1) is 0 Å². The van der Waals surface area contributed by atoms with Gasteiger partial charge in [0.15, 0.2) is 11.5 Å². The Kier molecular flexibility index (Phi) is 5.46. The highest BCUT2D eigenvalue weighted by atomic mass is 35.5. The molecular weight excluding hydrogens is 494 g/mol. The van der Waals surface area contributed by atoms with Crippen molar-refractivity contribution in [3.8, 4) is 5.75 Å². The van der Waals surface area contributed by atoms with Crippen LogP contribution in [0.5, 0.6) is 5.75 Å². The Morgan fingerprint density at radius 3 is 2.73 bits per heavy atom. The third-order valence-electron chi connectivity index (χ3n) is 6.92. The van der Waals surface area contributed by atoms with E-state index < -0.39 is 11.6 Å². The molecule has 0 saturated carbocycles. The minimum Gasteiger partial charge on any atom is -0.491 e. The van der Waals surface area contributed by atoms with Crippen molar-refractivity contribution in [1.82, 2.24) is 14.5 Å². The zero-order chi connectivity index (χ0) is 25.9. The molecule has 2 amide bonds. The third-order valence-corrected chi connectivity index (χ3v) is 7.20. The number of aromatic nitrogens is 2. The number of primary amides is 1. The van der Waals surface area contributed by atoms with E-state index in [0.717, 1.165) is 23.1 Å². The maximum absolute atomic E-state index is 13.8. The number of guanidine groups is 1. The van der Waals surface area contributed by atoms with Gasteiger partial charge in [0.05, 0.1) is 24.7 Å². The highest BCUT2D eigenvalue weighted by molar-refractivity contribution is 6.32. The van der Waals surface area contributed by atoms with Gasteiger partial charge in [-0.1, -0.05) is 48.0 Å². The van der Waals surface area contributed by atoms with Gasteiger partial charge < -0.3 is 20.8 Å². The molecule has 0 radical (unpaired) electrons. The Balaban J connectivity index is 1.43. The maximum Gasteiger partial charge on any atom is 0.284 e. The summed E-state index contributed by atoms with van der Waals surface area (Å²) in [6.45, 7) is 3.29. The van der Waals surface area contributed by atoms with Crippen LogP contribution in [0.15, 0.2) is 47.5 Å². The SMILES string of the molecule is CCN1C(=O)c2c(nc(C(N)=O)n2Cc2cc(Cl)c3c(c2)CCO3)N2C[C@@](N)(Cc3ccccc3)N=C12. The molecule has 0 aliphatic carbocycles. The van der Waals surface area contributed by atoms with Gasteiger partial charge in [-0.2, -0.15) is 0 Å². The monoisotopic (exact) mass is 519 g/mol. The topological polar surface area (TPSA) is 132 Å². The minimum absolute atomic E-state index is 0.0129. The minimum atomic E-state index is -0.976. The standard InChI is InChI=1S/C26H26ClN7O3/c1-2-32-24(36)19-22(34-14-26(29,31-25(32)34)12-15-6-4-3-5-7-15)30-23(21(28)35)33(19)13-16-10-17-8-9-37-20(17)18(27)11-16/h3-7,10-11H,2,8-9,12-14,29H2,1H3,(H2,28,35)/t26-/m1/s1. The fraction of sp³-hybridized carbons (Fsp3) is 0.308. The second kappa shape index (κ2) is 8.60. The van der Waals surface area contributed by atoms with Gasteiger partial charge in [0, 0.05) is 19.4 Å². The van der Waals surface area contributed by atoms with E-state index in [1.54, 1.807) is 15.5 Å². The molecule has 2 aromatic carbocycles. The largest absolute Gasteiger partial charge is 0.491 e. The fourth-order valence-electron chi connectivity index (χ4n) is 5.34. The second-order valence-electron chi connectivity index (χ2n) is 9.54. The number of hydrogen-bond donors (Lipinski definition) is 2. The lowest BCUT2D eigenvalue weighted by molar-refractivity contribution is 0.0836. The van der Waals surface area contributed by atoms with Crippen LogP contribution in [-0.2, 0) is 19.4 Å². The molecule has 11 heteroatoms. The number of rotatable bonds is 6. The smallest absolute Gasteiger partial charge is 0.284 e. The van der Waals surface area contributed by atoms with E-state index in [-0.39, 0.29) is 24.0 Å². The molecule has 3 aliphatic heterocycles. The average Bonchev–Trinajstić information content (AvgIpc) is 3.56. The Morgan fingerprint density at radius 2 is 2.00 bits per heavy atom. The van der Waals surface area contributed by atoms with Crippen LogP contribution in [0.4, 0.5) is 5.82 Å². The number of nitrogens with two attached hydrogens (primary N) is 2. The molecule has 190 valence electrons. The zero-order valence-electron chi connectivity index (χ0n) is 20.3. The summed E-state index contributed by atoms with van der Waals surface area (Å²) in [5, 5.41) is 0.490. The summed E-state index contributed by atoms with van der Waals surface area (Å²) in [7, 11) is 0. The normalized spacial score (nSPS) is 19.9. The van der Waals surface area contributed by atoms with E-state index in [1.165, 1.54) is 0 Å². The molecule has 6 rings (SSSR count). The first-order valence-electron chi connectivity index (χ1n) is 12.1. The average molecular weight is 520 g/mol. The first-order chi connectivity index (χ1) is 17.8. The number of halogens is 1. The van der Waals surface area contributed by atoms with Crippen LogP contribution in [0.3, 0.4) is 0 Å². The van der Waals surface area contributed by atoms with Crippen molar-refractivity contribution in [2.75, 3.05) is 24.6 Å². The van der Waals surface area contributed by atoms with E-state index in [4.69, 9.17) is 32.8 Å². The van der Waals surface area contributed by atoms with Gasteiger partial charge in [-0.3, -0.25) is 19.4 Å². The van der Waals surface area contributed by atoms with Crippen LogP contribution in [0.1, 0.15) is 44.7 Å². The van der Waals surface area contributed by atoms with Gasteiger partial charge >= 0.3 is 0 Å². The van der Waals surface area contributed by atoms with Gasteiger partial charge in [0.25, 0.3) is 11.8 Å². The van der Waals surface area contributed by atoms with Crippen LogP contribution < -0.4 is 21.1 Å². The zero-order valence-corrected chi connectivity index (χ0v) is 21.0. The van der Waals surface area contributed by atoms with Crippen molar-refractivity contribution < 1.29 is 14.3 Å². The van der Waals surface area contributed by atoms with E-state index in [9.17, 15) is 9.59 Å². The molecule has 1 atom stereocenters. The Hall–Kier alpha value is -3.89. The Morgan fingerprint density at radius 1 is 1.22 bits per heavy atom. The van der Waals surface area contributed by atoms with Crippen molar-refractivity contribution in [3.63, 3.8) is 0 Å². The lowest BCUT2D eigenvalue weighted by Gasteiger charge is -2.33. The van der Waals surface area contributed by atoms with Gasteiger partial charge in [-0.25, -0.2) is 9.98 Å². The molecule has 0 bridgehead atoms. The van der Waals surface area contributed by atoms with E-state index in [2.05, 4.69) is 4.98 Å². The molecule has 4 N–H and O–H groups in total. The van der Waals surface area contributed by atoms with Crippen LogP contribution in [0, 0.1) is 0 Å². The third kappa shape index (κ3) is 3.84. The summed E-state index contributed by atoms with van der Waals surface area (Å²) in [5.41, 5.74) is 14.6. The number of benzene rings is 2. The summed E-state index contributed by atoms with van der Waals surface area (Å²) in [4.78, 5) is 39.0. The van der Waals surface area contributed by atoms with Crippen LogP contribution in [0.2, 0.25) is 5.02 Å². The summed E-state index contributed by atoms with van der Waals surface area (Å²) in [6.07, 6.45) is 1.22. The molecule has 0 unspecified atom stereocenters. The van der Waals surface area contributed by atoms with Gasteiger partial charge in [0.2, 0.25) is 11.8 Å². The van der Waals surface area contributed by atoms with Crippen molar-refractivity contribution in [2.45, 2.75) is 32.0 Å². The van der Waals surface area contributed by atoms with Gasteiger partial charge in [0.1, 0.15) is 11.4 Å². The number of fused-ring (bicyclic) bond motifs is 4. The number of ether oxygens (including phenoxy) is 1. The molecule has 3 aromatic rings. The number of amides is 2. The van der Waals surface area contributed by atoms with Crippen molar-refractivity contribution in [2.24, 2.45) is 16.5 Å².